The minimum Gasteiger partial charge on any atom is -0.497 e. The zero-order chi connectivity index (χ0) is 21.6. The third kappa shape index (κ3) is 5.38. The van der Waals surface area contributed by atoms with E-state index in [9.17, 15) is 4.79 Å². The number of hydrogen-bond acceptors (Lipinski definition) is 7. The number of ether oxygens (including phenoxy) is 2. The minimum absolute atomic E-state index is 0.0159. The molecule has 164 valence electrons. The molecule has 1 fully saturated rings. The summed E-state index contributed by atoms with van der Waals surface area (Å²) >= 11 is 3.26. The second kappa shape index (κ2) is 10.5. The molecule has 1 aromatic heterocycles. The number of anilines is 1. The summed E-state index contributed by atoms with van der Waals surface area (Å²) in [7, 11) is 1.66. The Bertz CT molecular complexity index is 1030. The fourth-order valence-corrected chi connectivity index (χ4v) is 5.26. The van der Waals surface area contributed by atoms with E-state index in [1.165, 1.54) is 11.3 Å². The van der Waals surface area contributed by atoms with E-state index in [0.717, 1.165) is 64.6 Å². The maximum absolute atomic E-state index is 13.6. The number of morpholine rings is 1. The monoisotopic (exact) mass is 457 g/mol. The van der Waals surface area contributed by atoms with Crippen molar-refractivity contribution in [2.45, 2.75) is 11.8 Å². The van der Waals surface area contributed by atoms with E-state index in [-0.39, 0.29) is 5.91 Å². The topological polar surface area (TPSA) is 54.9 Å². The first-order valence-corrected chi connectivity index (χ1v) is 12.3. The number of fused-ring (bicyclic) bond motifs is 1. The van der Waals surface area contributed by atoms with Crippen molar-refractivity contribution in [2.75, 3.05) is 57.2 Å². The number of carbonyl (C=O) groups excluding carboxylic acids is 1. The number of thioether (sulfide) groups is 1. The number of thiazole rings is 1. The molecular weight excluding hydrogens is 430 g/mol. The lowest BCUT2D eigenvalue weighted by Gasteiger charge is -2.29. The maximum atomic E-state index is 13.6. The van der Waals surface area contributed by atoms with Crippen molar-refractivity contribution in [3.8, 4) is 5.75 Å². The first-order valence-electron chi connectivity index (χ1n) is 10.5. The van der Waals surface area contributed by atoms with Gasteiger partial charge in [0.15, 0.2) is 5.13 Å². The van der Waals surface area contributed by atoms with Crippen LogP contribution in [-0.4, -0.2) is 68.0 Å². The number of hydrogen-bond donors (Lipinski definition) is 0. The number of aromatic nitrogens is 1. The number of carbonyl (C=O) groups is 1. The van der Waals surface area contributed by atoms with Crippen LogP contribution in [0.4, 0.5) is 5.13 Å². The average molecular weight is 458 g/mol. The molecule has 0 N–H and O–H groups in total. The average Bonchev–Trinajstić information content (AvgIpc) is 3.23. The van der Waals surface area contributed by atoms with Gasteiger partial charge in [-0.3, -0.25) is 14.6 Å². The first kappa shape index (κ1) is 22.1. The van der Waals surface area contributed by atoms with Crippen molar-refractivity contribution in [3.05, 3.63) is 48.0 Å². The molecule has 2 aromatic carbocycles. The molecule has 0 atom stereocenters. The van der Waals surface area contributed by atoms with E-state index in [4.69, 9.17) is 14.5 Å². The second-order valence-corrected chi connectivity index (χ2v) is 9.55. The van der Waals surface area contributed by atoms with Gasteiger partial charge in [-0.2, -0.15) is 0 Å². The smallest absolute Gasteiger partial charge is 0.260 e. The van der Waals surface area contributed by atoms with Crippen LogP contribution in [0.1, 0.15) is 17.3 Å². The van der Waals surface area contributed by atoms with Crippen molar-refractivity contribution in [2.24, 2.45) is 0 Å². The predicted octanol–water partition coefficient (Wildman–Crippen LogP) is 4.40. The third-order valence-corrected chi connectivity index (χ3v) is 7.11. The van der Waals surface area contributed by atoms with Gasteiger partial charge in [-0.1, -0.05) is 24.3 Å². The van der Waals surface area contributed by atoms with Gasteiger partial charge in [-0.05, 0) is 42.2 Å². The molecule has 4 rings (SSSR count). The highest BCUT2D eigenvalue weighted by Gasteiger charge is 2.23. The molecule has 8 heteroatoms. The van der Waals surface area contributed by atoms with Crippen molar-refractivity contribution in [1.82, 2.24) is 9.88 Å². The molecular formula is C23H27N3O3S2. The quantitative estimate of drug-likeness (QED) is 0.468. The minimum atomic E-state index is -0.0159. The largest absolute Gasteiger partial charge is 0.497 e. The van der Waals surface area contributed by atoms with E-state index in [1.54, 1.807) is 18.9 Å². The maximum Gasteiger partial charge on any atom is 0.260 e. The van der Waals surface area contributed by atoms with Gasteiger partial charge in [0.25, 0.3) is 5.91 Å². The summed E-state index contributed by atoms with van der Waals surface area (Å²) in [6, 6.07) is 13.7. The summed E-state index contributed by atoms with van der Waals surface area (Å²) in [5.41, 5.74) is 1.57. The van der Waals surface area contributed by atoms with Crippen LogP contribution < -0.4 is 9.64 Å². The van der Waals surface area contributed by atoms with Crippen LogP contribution in [0.5, 0.6) is 5.75 Å². The molecule has 1 aliphatic heterocycles. The van der Waals surface area contributed by atoms with Crippen molar-refractivity contribution in [3.63, 3.8) is 0 Å². The molecule has 1 amide bonds. The third-order valence-electron chi connectivity index (χ3n) is 5.20. The Morgan fingerprint density at radius 1 is 1.26 bits per heavy atom. The van der Waals surface area contributed by atoms with Gasteiger partial charge in [0.1, 0.15) is 5.75 Å². The van der Waals surface area contributed by atoms with Crippen LogP contribution in [-0.2, 0) is 4.74 Å². The molecule has 6 nitrogen and oxygen atoms in total. The van der Waals surface area contributed by atoms with Crippen LogP contribution in [0, 0.1) is 0 Å². The van der Waals surface area contributed by atoms with Gasteiger partial charge in [-0.25, -0.2) is 4.98 Å². The van der Waals surface area contributed by atoms with Gasteiger partial charge >= 0.3 is 0 Å². The summed E-state index contributed by atoms with van der Waals surface area (Å²) in [5, 5.41) is 0.718. The highest BCUT2D eigenvalue weighted by Crippen LogP contribution is 2.32. The van der Waals surface area contributed by atoms with Crippen molar-refractivity contribution in [1.29, 1.82) is 0 Å². The Morgan fingerprint density at radius 3 is 2.87 bits per heavy atom. The molecule has 1 saturated heterocycles. The lowest BCUT2D eigenvalue weighted by molar-refractivity contribution is 0.0391. The summed E-state index contributed by atoms with van der Waals surface area (Å²) in [5.74, 6) is 1.74. The molecule has 0 spiro atoms. The zero-order valence-corrected chi connectivity index (χ0v) is 19.5. The van der Waals surface area contributed by atoms with Crippen molar-refractivity contribution >= 4 is 44.4 Å². The fourth-order valence-electron chi connectivity index (χ4n) is 3.53. The summed E-state index contributed by atoms with van der Waals surface area (Å²) in [4.78, 5) is 23.6. The van der Waals surface area contributed by atoms with E-state index >= 15 is 0 Å². The number of amides is 1. The van der Waals surface area contributed by atoms with E-state index in [2.05, 4.69) is 11.8 Å². The van der Waals surface area contributed by atoms with E-state index in [1.807, 2.05) is 47.4 Å². The van der Waals surface area contributed by atoms with Gasteiger partial charge < -0.3 is 9.47 Å². The predicted molar refractivity (Wildman–Crippen MR) is 128 cm³/mol. The Labute approximate surface area is 191 Å². The fraction of sp³-hybridized carbons (Fsp3) is 0.391. The summed E-state index contributed by atoms with van der Waals surface area (Å²) in [6.07, 6.45) is 0. The first-order chi connectivity index (χ1) is 15.2. The van der Waals surface area contributed by atoms with Crippen LogP contribution in [0.25, 0.3) is 10.2 Å². The van der Waals surface area contributed by atoms with E-state index < -0.39 is 0 Å². The van der Waals surface area contributed by atoms with Crippen LogP contribution in [0.15, 0.2) is 47.4 Å². The van der Waals surface area contributed by atoms with Crippen molar-refractivity contribution < 1.29 is 14.3 Å². The molecule has 0 radical (unpaired) electrons. The molecule has 0 unspecified atom stereocenters. The van der Waals surface area contributed by atoms with E-state index in [0.29, 0.717) is 12.1 Å². The number of nitrogens with zero attached hydrogens (tertiary/aromatic N) is 3. The Balaban J connectivity index is 1.63. The molecule has 0 bridgehead atoms. The van der Waals surface area contributed by atoms with Gasteiger partial charge in [0.2, 0.25) is 0 Å². The zero-order valence-electron chi connectivity index (χ0n) is 17.9. The molecule has 0 saturated carbocycles. The lowest BCUT2D eigenvalue weighted by atomic mass is 10.2. The summed E-state index contributed by atoms with van der Waals surface area (Å²) in [6.45, 7) is 6.75. The van der Waals surface area contributed by atoms with Crippen LogP contribution in [0.3, 0.4) is 0 Å². The highest BCUT2D eigenvalue weighted by molar-refractivity contribution is 7.99. The number of methoxy groups -OCH3 is 1. The molecule has 1 aliphatic rings. The summed E-state index contributed by atoms with van der Waals surface area (Å²) < 4.78 is 11.8. The normalized spacial score (nSPS) is 14.6. The highest BCUT2D eigenvalue weighted by atomic mass is 32.2. The van der Waals surface area contributed by atoms with Crippen LogP contribution >= 0.6 is 23.1 Å². The molecule has 3 aromatic rings. The Kier molecular flexibility index (Phi) is 7.45. The standard InChI is InChI=1S/C23H27N3O3S2/c1-3-30-19-6-4-5-17(15-19)22(27)26(10-9-25-11-13-29-14-12-25)23-24-20-8-7-18(28-2)16-21(20)31-23/h4-8,15-16H,3,9-14H2,1-2H3. The molecule has 2 heterocycles. The molecule has 31 heavy (non-hydrogen) atoms. The Hall–Kier alpha value is -2.13. The number of rotatable bonds is 8. The van der Waals surface area contributed by atoms with Crippen LogP contribution in [0.2, 0.25) is 0 Å². The SMILES string of the molecule is CCSc1cccc(C(=O)N(CCN2CCOCC2)c2nc3ccc(OC)cc3s2)c1. The Morgan fingerprint density at radius 2 is 2.10 bits per heavy atom. The number of benzene rings is 2. The van der Waals surface area contributed by atoms with Gasteiger partial charge in [-0.15, -0.1) is 11.8 Å². The van der Waals surface area contributed by atoms with Gasteiger partial charge in [0, 0.05) is 36.6 Å². The molecule has 0 aliphatic carbocycles. The lowest BCUT2D eigenvalue weighted by Crippen LogP contribution is -2.43. The van der Waals surface area contributed by atoms with Gasteiger partial charge in [0.05, 0.1) is 30.5 Å². The second-order valence-electron chi connectivity index (χ2n) is 7.20.